The summed E-state index contributed by atoms with van der Waals surface area (Å²) in [6.07, 6.45) is 3.40. The molecule has 0 spiro atoms. The number of fused-ring (bicyclic) bond motifs is 1. The van der Waals surface area contributed by atoms with Crippen LogP contribution in [0, 0.1) is 5.92 Å². The first-order valence-electron chi connectivity index (χ1n) is 6.01. The van der Waals surface area contributed by atoms with E-state index in [9.17, 15) is 0 Å². The summed E-state index contributed by atoms with van der Waals surface area (Å²) in [5.41, 5.74) is 8.23. The molecular weight excluding hydrogens is 234 g/mol. The molecule has 1 unspecified atom stereocenters. The van der Waals surface area contributed by atoms with Crippen LogP contribution in [-0.4, -0.2) is 15.6 Å². The lowest BCUT2D eigenvalue weighted by Gasteiger charge is -2.09. The first kappa shape index (κ1) is 11.1. The van der Waals surface area contributed by atoms with Crippen molar-refractivity contribution in [1.82, 2.24) is 9.55 Å². The highest BCUT2D eigenvalue weighted by Gasteiger charge is 2.29. The summed E-state index contributed by atoms with van der Waals surface area (Å²) in [6.45, 7) is 0. The van der Waals surface area contributed by atoms with Gasteiger partial charge in [0.15, 0.2) is 0 Å². The molecule has 2 aromatic rings. The first-order chi connectivity index (χ1) is 8.15. The lowest BCUT2D eigenvalue weighted by Crippen LogP contribution is -2.26. The van der Waals surface area contributed by atoms with Gasteiger partial charge in [0.1, 0.15) is 5.82 Å². The Balaban J connectivity index is 1.96. The van der Waals surface area contributed by atoms with Gasteiger partial charge in [0.25, 0.3) is 0 Å². The van der Waals surface area contributed by atoms with Crippen molar-refractivity contribution >= 4 is 22.6 Å². The first-order valence-corrected chi connectivity index (χ1v) is 6.39. The monoisotopic (exact) mass is 249 g/mol. The van der Waals surface area contributed by atoms with E-state index in [4.69, 9.17) is 17.3 Å². The highest BCUT2D eigenvalue weighted by Crippen LogP contribution is 2.33. The van der Waals surface area contributed by atoms with Gasteiger partial charge in [-0.1, -0.05) is 11.6 Å². The molecule has 1 saturated carbocycles. The zero-order valence-corrected chi connectivity index (χ0v) is 10.6. The van der Waals surface area contributed by atoms with Gasteiger partial charge in [0.2, 0.25) is 0 Å². The number of benzene rings is 1. The van der Waals surface area contributed by atoms with Crippen molar-refractivity contribution in [1.29, 1.82) is 0 Å². The molecule has 0 bridgehead atoms. The average molecular weight is 250 g/mol. The van der Waals surface area contributed by atoms with Gasteiger partial charge >= 0.3 is 0 Å². The van der Waals surface area contributed by atoms with Crippen LogP contribution in [0.3, 0.4) is 0 Å². The zero-order valence-electron chi connectivity index (χ0n) is 9.86. The molecular formula is C13H16ClN3. The Kier molecular flexibility index (Phi) is 2.60. The minimum absolute atomic E-state index is 0.251. The molecule has 2 N–H and O–H groups in total. The normalized spacial score (nSPS) is 17.6. The van der Waals surface area contributed by atoms with E-state index in [-0.39, 0.29) is 6.04 Å². The topological polar surface area (TPSA) is 43.8 Å². The Hall–Kier alpha value is -1.06. The number of aromatic nitrogens is 2. The van der Waals surface area contributed by atoms with Gasteiger partial charge in [-0.2, -0.15) is 0 Å². The summed E-state index contributed by atoms with van der Waals surface area (Å²) in [5, 5.41) is 0.749. The molecule has 90 valence electrons. The third-order valence-electron chi connectivity index (χ3n) is 3.58. The van der Waals surface area contributed by atoms with Crippen LogP contribution >= 0.6 is 11.6 Å². The van der Waals surface area contributed by atoms with E-state index in [0.717, 1.165) is 28.3 Å². The number of halogens is 1. The van der Waals surface area contributed by atoms with E-state index in [2.05, 4.69) is 9.55 Å². The molecule has 3 nitrogen and oxygen atoms in total. The van der Waals surface area contributed by atoms with E-state index in [0.29, 0.717) is 5.92 Å². The number of imidazole rings is 1. The highest BCUT2D eigenvalue weighted by atomic mass is 35.5. The Morgan fingerprint density at radius 3 is 3.00 bits per heavy atom. The summed E-state index contributed by atoms with van der Waals surface area (Å²) >= 11 is 6.00. The Morgan fingerprint density at radius 2 is 2.29 bits per heavy atom. The predicted octanol–water partition coefficient (Wildman–Crippen LogP) is 2.51. The fourth-order valence-corrected chi connectivity index (χ4v) is 2.46. The van der Waals surface area contributed by atoms with Crippen LogP contribution in [0.2, 0.25) is 5.02 Å². The highest BCUT2D eigenvalue weighted by molar-refractivity contribution is 6.31. The van der Waals surface area contributed by atoms with Gasteiger partial charge in [0, 0.05) is 24.5 Å². The van der Waals surface area contributed by atoms with Crippen molar-refractivity contribution in [3.63, 3.8) is 0 Å². The van der Waals surface area contributed by atoms with Gasteiger partial charge in [-0.25, -0.2) is 4.98 Å². The maximum absolute atomic E-state index is 6.15. The lowest BCUT2D eigenvalue weighted by atomic mass is 10.1. The molecule has 1 atom stereocenters. The SMILES string of the molecule is Cn1c(CC(N)C2CC2)nc2ccc(Cl)cc21. The summed E-state index contributed by atoms with van der Waals surface area (Å²) in [6, 6.07) is 6.04. The number of rotatable bonds is 3. The Bertz CT molecular complexity index is 557. The molecule has 3 rings (SSSR count). The molecule has 1 heterocycles. The number of aryl methyl sites for hydroxylation is 1. The molecule has 0 aliphatic heterocycles. The lowest BCUT2D eigenvalue weighted by molar-refractivity contribution is 0.566. The summed E-state index contributed by atoms with van der Waals surface area (Å²) in [5.74, 6) is 1.76. The largest absolute Gasteiger partial charge is 0.331 e. The fraction of sp³-hybridized carbons (Fsp3) is 0.462. The Labute approximate surface area is 106 Å². The molecule has 1 fully saturated rings. The van der Waals surface area contributed by atoms with Crippen molar-refractivity contribution in [2.45, 2.75) is 25.3 Å². The summed E-state index contributed by atoms with van der Waals surface area (Å²) < 4.78 is 2.10. The number of nitrogens with two attached hydrogens (primary N) is 1. The van der Waals surface area contributed by atoms with Gasteiger partial charge in [-0.3, -0.25) is 0 Å². The van der Waals surface area contributed by atoms with E-state index in [1.807, 2.05) is 25.2 Å². The number of hydrogen-bond donors (Lipinski definition) is 1. The standard InChI is InChI=1S/C13H16ClN3/c1-17-12-6-9(14)4-5-11(12)16-13(17)7-10(15)8-2-3-8/h4-6,8,10H,2-3,7,15H2,1H3. The van der Waals surface area contributed by atoms with Gasteiger partial charge in [-0.15, -0.1) is 0 Å². The predicted molar refractivity (Wildman–Crippen MR) is 70.1 cm³/mol. The average Bonchev–Trinajstić information content (AvgIpc) is 3.09. The van der Waals surface area contributed by atoms with Crippen LogP contribution in [-0.2, 0) is 13.5 Å². The molecule has 1 aliphatic carbocycles. The summed E-state index contributed by atoms with van der Waals surface area (Å²) in [4.78, 5) is 4.63. The minimum atomic E-state index is 0.251. The second-order valence-corrected chi connectivity index (χ2v) is 5.36. The molecule has 1 aromatic heterocycles. The van der Waals surface area contributed by atoms with Crippen LogP contribution in [0.25, 0.3) is 11.0 Å². The van der Waals surface area contributed by atoms with Crippen LogP contribution in [0.5, 0.6) is 0 Å². The molecule has 17 heavy (non-hydrogen) atoms. The molecule has 0 saturated heterocycles. The number of nitrogens with zero attached hydrogens (tertiary/aromatic N) is 2. The third kappa shape index (κ3) is 2.05. The van der Waals surface area contributed by atoms with E-state index in [1.54, 1.807) is 0 Å². The van der Waals surface area contributed by atoms with Crippen LogP contribution < -0.4 is 5.73 Å². The van der Waals surface area contributed by atoms with Crippen molar-refractivity contribution in [2.24, 2.45) is 18.7 Å². The van der Waals surface area contributed by atoms with E-state index in [1.165, 1.54) is 12.8 Å². The maximum Gasteiger partial charge on any atom is 0.111 e. The molecule has 1 aliphatic rings. The van der Waals surface area contributed by atoms with Gasteiger partial charge in [0.05, 0.1) is 11.0 Å². The van der Waals surface area contributed by atoms with Gasteiger partial charge in [-0.05, 0) is 37.0 Å². The second kappa shape index (κ2) is 4.00. The van der Waals surface area contributed by atoms with Crippen molar-refractivity contribution in [3.05, 3.63) is 29.0 Å². The molecule has 0 amide bonds. The molecule has 0 radical (unpaired) electrons. The third-order valence-corrected chi connectivity index (χ3v) is 3.82. The fourth-order valence-electron chi connectivity index (χ4n) is 2.30. The quantitative estimate of drug-likeness (QED) is 0.908. The van der Waals surface area contributed by atoms with Gasteiger partial charge < -0.3 is 10.3 Å². The van der Waals surface area contributed by atoms with Crippen molar-refractivity contribution < 1.29 is 0 Å². The van der Waals surface area contributed by atoms with Crippen molar-refractivity contribution in [2.75, 3.05) is 0 Å². The van der Waals surface area contributed by atoms with Crippen LogP contribution in [0.15, 0.2) is 18.2 Å². The Morgan fingerprint density at radius 1 is 1.53 bits per heavy atom. The maximum atomic E-state index is 6.15. The smallest absolute Gasteiger partial charge is 0.111 e. The van der Waals surface area contributed by atoms with Crippen LogP contribution in [0.1, 0.15) is 18.7 Å². The second-order valence-electron chi connectivity index (χ2n) is 4.93. The molecule has 4 heteroatoms. The van der Waals surface area contributed by atoms with E-state index >= 15 is 0 Å². The van der Waals surface area contributed by atoms with E-state index < -0.39 is 0 Å². The molecule has 1 aromatic carbocycles. The van der Waals surface area contributed by atoms with Crippen LogP contribution in [0.4, 0.5) is 0 Å². The minimum Gasteiger partial charge on any atom is -0.331 e. The number of hydrogen-bond acceptors (Lipinski definition) is 2. The van der Waals surface area contributed by atoms with Crippen molar-refractivity contribution in [3.8, 4) is 0 Å². The zero-order chi connectivity index (χ0) is 12.0. The summed E-state index contributed by atoms with van der Waals surface area (Å²) in [7, 11) is 2.03.